The Morgan fingerprint density at radius 2 is 2.20 bits per heavy atom. The van der Waals surface area contributed by atoms with Crippen LogP contribution >= 0.6 is 0 Å². The smallest absolute Gasteiger partial charge is 0.259 e. The summed E-state index contributed by atoms with van der Waals surface area (Å²) in [7, 11) is 0. The quantitative estimate of drug-likeness (QED) is 0.586. The summed E-state index contributed by atoms with van der Waals surface area (Å²) < 4.78 is 30.1. The van der Waals surface area contributed by atoms with Gasteiger partial charge in [-0.25, -0.2) is 18.3 Å². The van der Waals surface area contributed by atoms with Gasteiger partial charge >= 0.3 is 0 Å². The molecule has 8 nitrogen and oxygen atoms in total. The molecule has 5 heterocycles. The number of hydrogen-bond acceptors (Lipinski definition) is 6. The van der Waals surface area contributed by atoms with E-state index in [0.717, 1.165) is 0 Å². The lowest BCUT2D eigenvalue weighted by Gasteiger charge is -2.27. The normalized spacial score (nSPS) is 24.0. The topological polar surface area (TPSA) is 101 Å². The predicted octanol–water partition coefficient (Wildman–Crippen LogP) is 2.20. The van der Waals surface area contributed by atoms with Gasteiger partial charge in [0.25, 0.3) is 5.91 Å². The van der Waals surface area contributed by atoms with E-state index in [0.29, 0.717) is 35.6 Å². The molecule has 1 saturated heterocycles. The van der Waals surface area contributed by atoms with Gasteiger partial charge in [-0.3, -0.25) is 9.78 Å². The van der Waals surface area contributed by atoms with Crippen LogP contribution in [0.4, 0.5) is 20.4 Å². The number of pyridine rings is 1. The Labute approximate surface area is 171 Å². The van der Waals surface area contributed by atoms with Gasteiger partial charge in [0, 0.05) is 24.4 Å². The number of nitrogens with one attached hydrogen (secondary N) is 1. The highest BCUT2D eigenvalue weighted by molar-refractivity contribution is 6.04. The fraction of sp³-hybridized carbons (Fsp3) is 0.400. The number of halogens is 2. The predicted molar refractivity (Wildman–Crippen MR) is 106 cm³/mol. The molecule has 10 heteroatoms. The molecule has 156 valence electrons. The largest absolute Gasteiger partial charge is 0.381 e. The number of nitrogen functional groups attached to an aromatic ring is 1. The van der Waals surface area contributed by atoms with Crippen LogP contribution in [0.15, 0.2) is 24.5 Å². The van der Waals surface area contributed by atoms with Crippen molar-refractivity contribution in [3.8, 4) is 0 Å². The molecule has 30 heavy (non-hydrogen) atoms. The van der Waals surface area contributed by atoms with Gasteiger partial charge in [-0.2, -0.15) is 0 Å². The fourth-order valence-electron chi connectivity index (χ4n) is 4.35. The van der Waals surface area contributed by atoms with E-state index in [1.165, 1.54) is 16.8 Å². The highest BCUT2D eigenvalue weighted by atomic mass is 19.1. The molecule has 3 N–H and O–H groups in total. The van der Waals surface area contributed by atoms with Crippen LogP contribution in [0.5, 0.6) is 0 Å². The maximum absolute atomic E-state index is 14.5. The molecule has 0 radical (unpaired) electrons. The molecule has 1 fully saturated rings. The van der Waals surface area contributed by atoms with Crippen molar-refractivity contribution in [3.05, 3.63) is 47.2 Å². The van der Waals surface area contributed by atoms with E-state index in [9.17, 15) is 13.6 Å². The standard InChI is InChI=1S/C20H21F2N7O/c1-10-2-3-14-13(6-11(21)8-24-14)15-7-12(22)9-28(15)16-4-5-29-19(26-16)17(18(23)27-29)20(30)25-10/h4-6,8,10,12,15H,2-3,7,9H2,1H3,(H2,23,27)(H,25,30)/t10-,12?,15-/m0/s1. The monoisotopic (exact) mass is 413 g/mol. The number of alkyl halides is 1. The van der Waals surface area contributed by atoms with E-state index >= 15 is 0 Å². The van der Waals surface area contributed by atoms with Gasteiger partial charge in [0.15, 0.2) is 11.5 Å². The molecule has 1 unspecified atom stereocenters. The van der Waals surface area contributed by atoms with Gasteiger partial charge in [-0.15, -0.1) is 5.10 Å². The zero-order valence-electron chi connectivity index (χ0n) is 16.3. The number of aromatic nitrogens is 4. The van der Waals surface area contributed by atoms with Crippen LogP contribution in [0.25, 0.3) is 5.65 Å². The van der Waals surface area contributed by atoms with Crippen LogP contribution < -0.4 is 16.0 Å². The van der Waals surface area contributed by atoms with Crippen molar-refractivity contribution in [2.24, 2.45) is 0 Å². The summed E-state index contributed by atoms with van der Waals surface area (Å²) in [6.07, 6.45) is 3.04. The lowest BCUT2D eigenvalue weighted by atomic mass is 9.98. The number of anilines is 2. The van der Waals surface area contributed by atoms with Crippen molar-refractivity contribution in [1.29, 1.82) is 0 Å². The average Bonchev–Trinajstić information content (AvgIpc) is 3.24. The van der Waals surface area contributed by atoms with E-state index in [-0.39, 0.29) is 36.3 Å². The molecule has 3 aromatic heterocycles. The minimum absolute atomic E-state index is 0.0765. The maximum Gasteiger partial charge on any atom is 0.259 e. The van der Waals surface area contributed by atoms with E-state index in [1.807, 2.05) is 6.92 Å². The first kappa shape index (κ1) is 18.7. The van der Waals surface area contributed by atoms with Crippen molar-refractivity contribution >= 4 is 23.2 Å². The molecular weight excluding hydrogens is 392 g/mol. The lowest BCUT2D eigenvalue weighted by Crippen LogP contribution is -2.33. The number of nitrogens with two attached hydrogens (primary N) is 1. The Hall–Kier alpha value is -3.30. The molecule has 5 rings (SSSR count). The van der Waals surface area contributed by atoms with Crippen molar-refractivity contribution in [1.82, 2.24) is 24.9 Å². The molecule has 2 aliphatic rings. The SMILES string of the molecule is C[C@H]1CCc2ncc(F)cc2[C@@H]2CC(F)CN2c2ccn3nc(N)c(c3n2)C(=O)N1. The highest BCUT2D eigenvalue weighted by Crippen LogP contribution is 2.38. The summed E-state index contributed by atoms with van der Waals surface area (Å²) in [5.41, 5.74) is 7.84. The number of carbonyl (C=O) groups is 1. The number of hydrogen-bond donors (Lipinski definition) is 2. The number of amides is 1. The fourth-order valence-corrected chi connectivity index (χ4v) is 4.35. The Morgan fingerprint density at radius 3 is 3.03 bits per heavy atom. The zero-order valence-corrected chi connectivity index (χ0v) is 16.3. The minimum atomic E-state index is -1.09. The van der Waals surface area contributed by atoms with Crippen LogP contribution in [0.1, 0.15) is 47.4 Å². The minimum Gasteiger partial charge on any atom is -0.381 e. The number of rotatable bonds is 0. The molecular formula is C20H21F2N7O. The second-order valence-corrected chi connectivity index (χ2v) is 7.92. The average molecular weight is 413 g/mol. The molecule has 0 spiro atoms. The lowest BCUT2D eigenvalue weighted by molar-refractivity contribution is 0.0940. The van der Waals surface area contributed by atoms with Gasteiger partial charge in [0.2, 0.25) is 0 Å². The second kappa shape index (κ2) is 6.89. The Bertz CT molecular complexity index is 1150. The summed E-state index contributed by atoms with van der Waals surface area (Å²) in [5, 5.41) is 7.10. The third-order valence-corrected chi connectivity index (χ3v) is 5.79. The van der Waals surface area contributed by atoms with Crippen LogP contribution in [0, 0.1) is 5.82 Å². The van der Waals surface area contributed by atoms with E-state index in [4.69, 9.17) is 5.73 Å². The molecule has 0 aliphatic carbocycles. The van der Waals surface area contributed by atoms with Gasteiger partial charge in [-0.05, 0) is 37.5 Å². The first-order valence-electron chi connectivity index (χ1n) is 9.91. The van der Waals surface area contributed by atoms with Crippen molar-refractivity contribution < 1.29 is 13.6 Å². The number of aryl methyl sites for hydroxylation is 1. The van der Waals surface area contributed by atoms with Crippen molar-refractivity contribution in [2.45, 2.75) is 44.4 Å². The molecule has 0 aromatic carbocycles. The van der Waals surface area contributed by atoms with Crippen LogP contribution in [0.3, 0.4) is 0 Å². The summed E-state index contributed by atoms with van der Waals surface area (Å²) in [6.45, 7) is 1.99. The summed E-state index contributed by atoms with van der Waals surface area (Å²) in [5.74, 6) is -0.278. The molecule has 0 saturated carbocycles. The van der Waals surface area contributed by atoms with E-state index in [1.54, 1.807) is 17.2 Å². The third-order valence-electron chi connectivity index (χ3n) is 5.79. The highest BCUT2D eigenvalue weighted by Gasteiger charge is 2.36. The Kier molecular flexibility index (Phi) is 4.30. The van der Waals surface area contributed by atoms with Crippen LogP contribution in [-0.2, 0) is 6.42 Å². The van der Waals surface area contributed by atoms with Crippen molar-refractivity contribution in [2.75, 3.05) is 17.2 Å². The summed E-state index contributed by atoms with van der Waals surface area (Å²) in [6, 6.07) is 2.53. The zero-order chi connectivity index (χ0) is 21.0. The van der Waals surface area contributed by atoms with Gasteiger partial charge in [0.1, 0.15) is 23.4 Å². The third kappa shape index (κ3) is 3.03. The van der Waals surface area contributed by atoms with E-state index < -0.39 is 18.0 Å². The first-order chi connectivity index (χ1) is 14.4. The second-order valence-electron chi connectivity index (χ2n) is 7.92. The number of fused-ring (bicyclic) bond motifs is 5. The summed E-state index contributed by atoms with van der Waals surface area (Å²) >= 11 is 0. The summed E-state index contributed by atoms with van der Waals surface area (Å²) in [4.78, 5) is 23.6. The molecule has 3 atom stereocenters. The van der Waals surface area contributed by atoms with Gasteiger partial charge in [-0.1, -0.05) is 0 Å². The Morgan fingerprint density at radius 1 is 1.37 bits per heavy atom. The first-order valence-corrected chi connectivity index (χ1v) is 9.91. The number of nitrogens with zero attached hydrogens (tertiary/aromatic N) is 5. The molecule has 2 bridgehead atoms. The van der Waals surface area contributed by atoms with E-state index in [2.05, 4.69) is 20.4 Å². The van der Waals surface area contributed by atoms with Gasteiger partial charge in [0.05, 0.1) is 18.8 Å². The van der Waals surface area contributed by atoms with Crippen LogP contribution in [-0.4, -0.2) is 44.2 Å². The molecule has 2 aliphatic heterocycles. The Balaban J connectivity index is 1.72. The molecule has 1 amide bonds. The van der Waals surface area contributed by atoms with Crippen molar-refractivity contribution in [3.63, 3.8) is 0 Å². The van der Waals surface area contributed by atoms with Gasteiger partial charge < -0.3 is 16.0 Å². The number of carbonyl (C=O) groups excluding carboxylic acids is 1. The van der Waals surface area contributed by atoms with Crippen LogP contribution in [0.2, 0.25) is 0 Å². The maximum atomic E-state index is 14.5. The molecule has 3 aromatic rings.